The van der Waals surface area contributed by atoms with Gasteiger partial charge in [-0.05, 0) is 74.2 Å². The Hall–Kier alpha value is -2.33. The van der Waals surface area contributed by atoms with Crippen molar-refractivity contribution >= 4 is 29.1 Å². The molecule has 2 saturated carbocycles. The van der Waals surface area contributed by atoms with Crippen LogP contribution in [-0.4, -0.2) is 28.8 Å². The van der Waals surface area contributed by atoms with Gasteiger partial charge in [-0.15, -0.1) is 0 Å². The van der Waals surface area contributed by atoms with Crippen molar-refractivity contribution < 1.29 is 9.59 Å². The number of rotatable bonds is 5. The van der Waals surface area contributed by atoms with E-state index in [-0.39, 0.29) is 11.8 Å². The summed E-state index contributed by atoms with van der Waals surface area (Å²) in [5.74, 6) is -0.0683. The zero-order valence-corrected chi connectivity index (χ0v) is 18.7. The van der Waals surface area contributed by atoms with Crippen molar-refractivity contribution in [2.45, 2.75) is 76.3 Å². The summed E-state index contributed by atoms with van der Waals surface area (Å²) < 4.78 is 0. The molecule has 2 amide bonds. The van der Waals surface area contributed by atoms with Gasteiger partial charge in [0.05, 0.1) is 0 Å². The van der Waals surface area contributed by atoms with Crippen LogP contribution in [-0.2, 0) is 0 Å². The molecule has 1 N–H and O–H groups in total. The lowest BCUT2D eigenvalue weighted by molar-refractivity contribution is 0.0448. The topological polar surface area (TPSA) is 49.4 Å². The van der Waals surface area contributed by atoms with Gasteiger partial charge in [-0.25, -0.2) is 0 Å². The largest absolute Gasteiger partial charge is 0.333 e. The second kappa shape index (κ2) is 10.3. The third kappa shape index (κ3) is 5.48. The zero-order chi connectivity index (χ0) is 21.6. The molecule has 2 aliphatic carbocycles. The summed E-state index contributed by atoms with van der Waals surface area (Å²) in [6.45, 7) is 0. The lowest BCUT2D eigenvalue weighted by Crippen LogP contribution is -2.48. The van der Waals surface area contributed by atoms with Crippen molar-refractivity contribution in [3.8, 4) is 0 Å². The van der Waals surface area contributed by atoms with E-state index in [1.54, 1.807) is 48.5 Å². The molecule has 31 heavy (non-hydrogen) atoms. The summed E-state index contributed by atoms with van der Waals surface area (Å²) in [4.78, 5) is 28.3. The predicted molar refractivity (Wildman–Crippen MR) is 126 cm³/mol. The molecule has 0 aromatic heterocycles. The van der Waals surface area contributed by atoms with Crippen LogP contribution in [0.1, 0.15) is 84.9 Å². The first-order valence-electron chi connectivity index (χ1n) is 11.6. The van der Waals surface area contributed by atoms with E-state index >= 15 is 0 Å². The van der Waals surface area contributed by atoms with Gasteiger partial charge >= 0.3 is 0 Å². The quantitative estimate of drug-likeness (QED) is 0.564. The van der Waals surface area contributed by atoms with Crippen molar-refractivity contribution in [2.75, 3.05) is 5.32 Å². The molecule has 4 rings (SSSR count). The second-order valence-corrected chi connectivity index (χ2v) is 9.27. The van der Waals surface area contributed by atoms with Gasteiger partial charge in [0.15, 0.2) is 0 Å². The first kappa shape index (κ1) is 21.9. The highest BCUT2D eigenvalue weighted by Gasteiger charge is 2.33. The summed E-state index contributed by atoms with van der Waals surface area (Å²) in [6.07, 6.45) is 11.9. The fraction of sp³-hybridized carbons (Fsp3) is 0.462. The van der Waals surface area contributed by atoms with Crippen LogP contribution < -0.4 is 5.32 Å². The molecule has 0 heterocycles. The van der Waals surface area contributed by atoms with Crippen LogP contribution in [0.5, 0.6) is 0 Å². The van der Waals surface area contributed by atoms with E-state index < -0.39 is 0 Å². The highest BCUT2D eigenvalue weighted by molar-refractivity contribution is 6.30. The number of halogens is 1. The molecular weight excluding hydrogens is 408 g/mol. The first-order valence-corrected chi connectivity index (χ1v) is 12.0. The molecule has 5 heteroatoms. The van der Waals surface area contributed by atoms with Crippen LogP contribution in [0.4, 0.5) is 5.69 Å². The molecule has 2 aliphatic rings. The number of hydrogen-bond acceptors (Lipinski definition) is 2. The van der Waals surface area contributed by atoms with E-state index in [1.807, 2.05) is 0 Å². The Labute approximate surface area is 190 Å². The third-order valence-electron chi connectivity index (χ3n) is 6.67. The Balaban J connectivity index is 1.48. The molecule has 0 aliphatic heterocycles. The summed E-state index contributed by atoms with van der Waals surface area (Å²) in [5, 5.41) is 3.49. The van der Waals surface area contributed by atoms with E-state index in [2.05, 4.69) is 10.2 Å². The van der Waals surface area contributed by atoms with E-state index in [0.29, 0.717) is 33.9 Å². The minimum Gasteiger partial charge on any atom is -0.333 e. The molecule has 0 saturated heterocycles. The molecular formula is C26H31ClN2O2. The fourth-order valence-corrected chi connectivity index (χ4v) is 5.12. The minimum absolute atomic E-state index is 0.128. The average molecular weight is 439 g/mol. The van der Waals surface area contributed by atoms with E-state index in [0.717, 1.165) is 25.7 Å². The molecule has 0 atom stereocenters. The third-order valence-corrected chi connectivity index (χ3v) is 6.92. The average Bonchev–Trinajstić information content (AvgIpc) is 2.82. The van der Waals surface area contributed by atoms with Crippen LogP contribution in [0.15, 0.2) is 48.5 Å². The Morgan fingerprint density at radius 1 is 0.710 bits per heavy atom. The van der Waals surface area contributed by atoms with Crippen molar-refractivity contribution in [1.82, 2.24) is 4.90 Å². The number of carbonyl (C=O) groups is 2. The van der Waals surface area contributed by atoms with Gasteiger partial charge < -0.3 is 10.2 Å². The molecule has 0 radical (unpaired) electrons. The maximum Gasteiger partial charge on any atom is 0.255 e. The fourth-order valence-electron chi connectivity index (χ4n) is 5.00. The molecule has 164 valence electrons. The van der Waals surface area contributed by atoms with Crippen LogP contribution in [0.3, 0.4) is 0 Å². The molecule has 2 fully saturated rings. The number of benzene rings is 2. The number of anilines is 1. The molecule has 0 unspecified atom stereocenters. The standard InChI is InChI=1S/C26H31ClN2O2/c27-21-15-17-22(18-16-21)28-25(30)19-11-13-20(14-12-19)26(31)29(23-7-3-1-4-8-23)24-9-5-2-6-10-24/h11-18,23-24H,1-10H2,(H,28,30). The van der Waals surface area contributed by atoms with E-state index in [4.69, 9.17) is 11.6 Å². The minimum atomic E-state index is -0.197. The summed E-state index contributed by atoms with van der Waals surface area (Å²) in [7, 11) is 0. The number of nitrogens with one attached hydrogen (secondary N) is 1. The summed E-state index contributed by atoms with van der Waals surface area (Å²) in [5.41, 5.74) is 1.91. The van der Waals surface area contributed by atoms with Crippen molar-refractivity contribution in [2.24, 2.45) is 0 Å². The van der Waals surface area contributed by atoms with Crippen molar-refractivity contribution in [1.29, 1.82) is 0 Å². The first-order chi connectivity index (χ1) is 15.1. The lowest BCUT2D eigenvalue weighted by Gasteiger charge is -2.42. The van der Waals surface area contributed by atoms with Crippen LogP contribution in [0.25, 0.3) is 0 Å². The Morgan fingerprint density at radius 3 is 1.71 bits per heavy atom. The molecule has 0 spiro atoms. The van der Waals surface area contributed by atoms with Gasteiger partial charge in [0.2, 0.25) is 0 Å². The molecule has 2 aromatic rings. The Morgan fingerprint density at radius 2 is 1.19 bits per heavy atom. The van der Waals surface area contributed by atoms with Crippen molar-refractivity contribution in [3.05, 3.63) is 64.7 Å². The predicted octanol–water partition coefficient (Wildman–Crippen LogP) is 6.70. The number of nitrogens with zero attached hydrogens (tertiary/aromatic N) is 1. The molecule has 2 aromatic carbocycles. The SMILES string of the molecule is O=C(Nc1ccc(Cl)cc1)c1ccc(C(=O)N(C2CCCCC2)C2CCCCC2)cc1. The van der Waals surface area contributed by atoms with Crippen LogP contribution >= 0.6 is 11.6 Å². The summed E-state index contributed by atoms with van der Waals surface area (Å²) >= 11 is 5.90. The van der Waals surface area contributed by atoms with Gasteiger partial charge in [0, 0.05) is 33.9 Å². The number of carbonyl (C=O) groups excluding carboxylic acids is 2. The smallest absolute Gasteiger partial charge is 0.255 e. The van der Waals surface area contributed by atoms with E-state index in [9.17, 15) is 9.59 Å². The van der Waals surface area contributed by atoms with Gasteiger partial charge in [-0.2, -0.15) is 0 Å². The maximum atomic E-state index is 13.6. The monoisotopic (exact) mass is 438 g/mol. The van der Waals surface area contributed by atoms with Gasteiger partial charge in [-0.1, -0.05) is 50.1 Å². The van der Waals surface area contributed by atoms with Gasteiger partial charge in [0.1, 0.15) is 0 Å². The van der Waals surface area contributed by atoms with Crippen molar-refractivity contribution in [3.63, 3.8) is 0 Å². The van der Waals surface area contributed by atoms with Gasteiger partial charge in [0.25, 0.3) is 11.8 Å². The Bertz CT molecular complexity index is 865. The van der Waals surface area contributed by atoms with Crippen LogP contribution in [0, 0.1) is 0 Å². The zero-order valence-electron chi connectivity index (χ0n) is 18.0. The number of amides is 2. The lowest BCUT2D eigenvalue weighted by atomic mass is 9.88. The van der Waals surface area contributed by atoms with Gasteiger partial charge in [-0.3, -0.25) is 9.59 Å². The highest BCUT2D eigenvalue weighted by atomic mass is 35.5. The maximum absolute atomic E-state index is 13.6. The highest BCUT2D eigenvalue weighted by Crippen LogP contribution is 2.31. The summed E-state index contributed by atoms with van der Waals surface area (Å²) in [6, 6.07) is 14.8. The molecule has 0 bridgehead atoms. The number of hydrogen-bond donors (Lipinski definition) is 1. The Kier molecular flexibility index (Phi) is 7.29. The molecule has 4 nitrogen and oxygen atoms in total. The van der Waals surface area contributed by atoms with Crippen LogP contribution in [0.2, 0.25) is 5.02 Å². The normalized spacial score (nSPS) is 17.8. The second-order valence-electron chi connectivity index (χ2n) is 8.83. The van der Waals surface area contributed by atoms with E-state index in [1.165, 1.54) is 38.5 Å².